The summed E-state index contributed by atoms with van der Waals surface area (Å²) in [6.45, 7) is 3.80. The zero-order chi connectivity index (χ0) is 27.5. The van der Waals surface area contributed by atoms with Crippen LogP contribution in [-0.4, -0.2) is 64.9 Å². The minimum Gasteiger partial charge on any atom is -0.485 e. The van der Waals surface area contributed by atoms with E-state index >= 15 is 0 Å². The highest BCUT2D eigenvalue weighted by atomic mass is 32.1. The number of nitrogens with two attached hydrogens (primary N) is 1. The fraction of sp³-hybridized carbons (Fsp3) is 0.357. The van der Waals surface area contributed by atoms with Gasteiger partial charge in [0.15, 0.2) is 0 Å². The Balaban J connectivity index is 1.43. The SMILES string of the molecule is CC(Oc1cc(-c2cnc3ccc(CN4CCN(C)CC4)cn23)sc1CC(N)=O)c1ccccc1OC(F)F. The van der Waals surface area contributed by atoms with Crippen molar-refractivity contribution in [3.63, 3.8) is 0 Å². The van der Waals surface area contributed by atoms with E-state index in [4.69, 9.17) is 10.5 Å². The summed E-state index contributed by atoms with van der Waals surface area (Å²) >= 11 is 1.40. The van der Waals surface area contributed by atoms with E-state index in [2.05, 4.69) is 38.8 Å². The third-order valence-corrected chi connectivity index (χ3v) is 7.94. The van der Waals surface area contributed by atoms with Crippen LogP contribution >= 0.6 is 11.3 Å². The number of halogens is 2. The third-order valence-electron chi connectivity index (χ3n) is 6.80. The van der Waals surface area contributed by atoms with Gasteiger partial charge in [-0.15, -0.1) is 11.3 Å². The molecule has 5 rings (SSSR count). The van der Waals surface area contributed by atoms with Gasteiger partial charge in [-0.1, -0.05) is 24.3 Å². The average molecular weight is 556 g/mol. The largest absolute Gasteiger partial charge is 0.485 e. The van der Waals surface area contributed by atoms with Crippen molar-refractivity contribution in [1.29, 1.82) is 0 Å². The number of amides is 1. The number of imidazole rings is 1. The molecule has 0 aliphatic carbocycles. The van der Waals surface area contributed by atoms with Crippen molar-refractivity contribution in [1.82, 2.24) is 19.2 Å². The number of nitrogens with zero attached hydrogens (tertiary/aromatic N) is 4. The smallest absolute Gasteiger partial charge is 0.387 e. The number of piperazine rings is 1. The number of hydrogen-bond acceptors (Lipinski definition) is 7. The third kappa shape index (κ3) is 6.38. The second kappa shape index (κ2) is 11.7. The van der Waals surface area contributed by atoms with Crippen molar-refractivity contribution in [3.05, 3.63) is 70.9 Å². The zero-order valence-corrected chi connectivity index (χ0v) is 22.7. The number of fused-ring (bicyclic) bond motifs is 1. The van der Waals surface area contributed by atoms with Crippen LogP contribution in [0, 0.1) is 0 Å². The molecule has 11 heteroatoms. The van der Waals surface area contributed by atoms with Crippen molar-refractivity contribution in [3.8, 4) is 22.1 Å². The highest BCUT2D eigenvalue weighted by Crippen LogP contribution is 2.40. The lowest BCUT2D eigenvalue weighted by molar-refractivity contribution is -0.117. The first-order chi connectivity index (χ1) is 18.8. The van der Waals surface area contributed by atoms with Gasteiger partial charge in [-0.2, -0.15) is 8.78 Å². The lowest BCUT2D eigenvalue weighted by Gasteiger charge is -2.32. The summed E-state index contributed by atoms with van der Waals surface area (Å²) in [6.07, 6.45) is 3.28. The number of carbonyl (C=O) groups excluding carboxylic acids is 1. The van der Waals surface area contributed by atoms with Crippen LogP contribution in [0.15, 0.2) is 54.9 Å². The van der Waals surface area contributed by atoms with Gasteiger partial charge in [0.25, 0.3) is 0 Å². The number of aromatic nitrogens is 2. The summed E-state index contributed by atoms with van der Waals surface area (Å²) in [5, 5.41) is 0. The van der Waals surface area contributed by atoms with E-state index in [1.807, 2.05) is 16.5 Å². The first-order valence-corrected chi connectivity index (χ1v) is 13.6. The molecule has 4 heterocycles. The molecule has 1 unspecified atom stereocenters. The number of alkyl halides is 2. The molecule has 1 saturated heterocycles. The van der Waals surface area contributed by atoms with Gasteiger partial charge in [-0.3, -0.25) is 14.1 Å². The Kier molecular flexibility index (Phi) is 8.10. The number of para-hydroxylation sites is 1. The van der Waals surface area contributed by atoms with Crippen LogP contribution in [0.25, 0.3) is 16.2 Å². The van der Waals surface area contributed by atoms with Crippen LogP contribution in [0.5, 0.6) is 11.5 Å². The van der Waals surface area contributed by atoms with E-state index in [0.29, 0.717) is 16.2 Å². The molecule has 3 aromatic heterocycles. The Hall–Kier alpha value is -3.54. The topological polar surface area (TPSA) is 85.3 Å². The lowest BCUT2D eigenvalue weighted by Crippen LogP contribution is -2.43. The van der Waals surface area contributed by atoms with Gasteiger partial charge in [0.1, 0.15) is 23.3 Å². The molecular weight excluding hydrogens is 524 g/mol. The number of primary amides is 1. The van der Waals surface area contributed by atoms with E-state index < -0.39 is 18.6 Å². The number of carbonyl (C=O) groups is 1. The van der Waals surface area contributed by atoms with Gasteiger partial charge in [-0.05, 0) is 31.7 Å². The molecule has 1 atom stereocenters. The molecule has 0 saturated carbocycles. The maximum absolute atomic E-state index is 12.9. The molecule has 39 heavy (non-hydrogen) atoms. The molecular formula is C28H31F2N5O3S. The van der Waals surface area contributed by atoms with Crippen molar-refractivity contribution in [2.24, 2.45) is 5.73 Å². The standard InChI is InChI=1S/C28H31F2N5O3S/c1-18(20-5-3-4-6-22(20)38-28(29)30)37-23-13-24(39-25(23)14-26(31)36)21-15-32-27-8-7-19(17-35(21)27)16-34-11-9-33(2)10-12-34/h3-8,13,15,17-18,28H,9-12,14,16H2,1-2H3,(H2,31,36). The van der Waals surface area contributed by atoms with Gasteiger partial charge in [0.2, 0.25) is 5.91 Å². The second-order valence-corrected chi connectivity index (χ2v) is 10.8. The van der Waals surface area contributed by atoms with Crippen molar-refractivity contribution in [2.45, 2.75) is 32.6 Å². The van der Waals surface area contributed by atoms with Gasteiger partial charge in [-0.25, -0.2) is 4.98 Å². The summed E-state index contributed by atoms with van der Waals surface area (Å²) in [7, 11) is 2.14. The summed E-state index contributed by atoms with van der Waals surface area (Å²) in [4.78, 5) is 22.7. The Bertz CT molecular complexity index is 1450. The van der Waals surface area contributed by atoms with Gasteiger partial charge < -0.3 is 20.1 Å². The normalized spacial score (nSPS) is 15.6. The van der Waals surface area contributed by atoms with E-state index in [0.717, 1.165) is 48.9 Å². The second-order valence-electron chi connectivity index (χ2n) is 9.71. The Morgan fingerprint density at radius 2 is 1.87 bits per heavy atom. The summed E-state index contributed by atoms with van der Waals surface area (Å²) < 4.78 is 38.8. The number of rotatable bonds is 10. The molecule has 4 aromatic rings. The van der Waals surface area contributed by atoms with Crippen LogP contribution < -0.4 is 15.2 Å². The van der Waals surface area contributed by atoms with Crippen molar-refractivity contribution < 1.29 is 23.0 Å². The quantitative estimate of drug-likeness (QED) is 0.308. The molecule has 1 aromatic carbocycles. The molecule has 1 aliphatic heterocycles. The van der Waals surface area contributed by atoms with Crippen molar-refractivity contribution in [2.75, 3.05) is 33.2 Å². The fourth-order valence-corrected chi connectivity index (χ4v) is 5.87. The number of ether oxygens (including phenoxy) is 2. The van der Waals surface area contributed by atoms with Gasteiger partial charge in [0.05, 0.1) is 28.1 Å². The molecule has 0 spiro atoms. The van der Waals surface area contributed by atoms with Crippen LogP contribution in [0.2, 0.25) is 0 Å². The van der Waals surface area contributed by atoms with Crippen LogP contribution in [0.1, 0.15) is 29.0 Å². The molecule has 1 aliphatic rings. The Morgan fingerprint density at radius 1 is 1.10 bits per heavy atom. The van der Waals surface area contributed by atoms with Crippen LogP contribution in [-0.2, 0) is 17.8 Å². The highest BCUT2D eigenvalue weighted by Gasteiger charge is 2.22. The lowest BCUT2D eigenvalue weighted by atomic mass is 10.1. The predicted molar refractivity (Wildman–Crippen MR) is 146 cm³/mol. The molecule has 0 bridgehead atoms. The predicted octanol–water partition coefficient (Wildman–Crippen LogP) is 4.58. The number of thiophene rings is 1. The number of likely N-dealkylation sites (N-methyl/N-ethyl adjacent to an activating group) is 1. The summed E-state index contributed by atoms with van der Waals surface area (Å²) in [5.41, 5.74) is 8.86. The van der Waals surface area contributed by atoms with E-state index in [-0.39, 0.29) is 12.2 Å². The Morgan fingerprint density at radius 3 is 2.62 bits per heavy atom. The molecule has 206 valence electrons. The van der Waals surface area contributed by atoms with E-state index in [1.165, 1.54) is 23.0 Å². The molecule has 0 radical (unpaired) electrons. The maximum Gasteiger partial charge on any atom is 0.387 e. The molecule has 1 fully saturated rings. The molecule has 1 amide bonds. The van der Waals surface area contributed by atoms with E-state index in [1.54, 1.807) is 31.3 Å². The first-order valence-electron chi connectivity index (χ1n) is 12.8. The monoisotopic (exact) mass is 555 g/mol. The van der Waals surface area contributed by atoms with E-state index in [9.17, 15) is 13.6 Å². The first kappa shape index (κ1) is 27.0. The molecule has 8 nitrogen and oxygen atoms in total. The minimum atomic E-state index is -2.95. The van der Waals surface area contributed by atoms with Crippen molar-refractivity contribution >= 4 is 22.9 Å². The summed E-state index contributed by atoms with van der Waals surface area (Å²) in [6, 6.07) is 12.5. The average Bonchev–Trinajstić information content (AvgIpc) is 3.48. The van der Waals surface area contributed by atoms with Crippen LogP contribution in [0.4, 0.5) is 8.78 Å². The van der Waals surface area contributed by atoms with Crippen LogP contribution in [0.3, 0.4) is 0 Å². The van der Waals surface area contributed by atoms with Gasteiger partial charge >= 0.3 is 6.61 Å². The number of benzene rings is 1. The fourth-order valence-electron chi connectivity index (χ4n) is 4.76. The maximum atomic E-state index is 12.9. The minimum absolute atomic E-state index is 0.00665. The summed E-state index contributed by atoms with van der Waals surface area (Å²) in [5.74, 6) is 0.0215. The number of hydrogen-bond donors (Lipinski definition) is 1. The Labute approximate surface area is 229 Å². The highest BCUT2D eigenvalue weighted by molar-refractivity contribution is 7.15. The number of pyridine rings is 1. The zero-order valence-electron chi connectivity index (χ0n) is 21.8. The molecule has 2 N–H and O–H groups in total. The van der Waals surface area contributed by atoms with Gasteiger partial charge in [0, 0.05) is 50.6 Å².